The highest BCUT2D eigenvalue weighted by Crippen LogP contribution is 2.22. The van der Waals surface area contributed by atoms with E-state index in [4.69, 9.17) is 10.8 Å². The van der Waals surface area contributed by atoms with Crippen LogP contribution in [0.3, 0.4) is 0 Å². The summed E-state index contributed by atoms with van der Waals surface area (Å²) < 4.78 is 6.10. The lowest BCUT2D eigenvalue weighted by Gasteiger charge is -2.13. The second-order valence-corrected chi connectivity index (χ2v) is 5.32. The molecule has 2 heterocycles. The Hall–Kier alpha value is -1.83. The summed E-state index contributed by atoms with van der Waals surface area (Å²) >= 11 is 1.35. The number of rotatable bonds is 5. The van der Waals surface area contributed by atoms with E-state index in [1.165, 1.54) is 11.5 Å². The Morgan fingerprint density at radius 2 is 2.25 bits per heavy atom. The van der Waals surface area contributed by atoms with Crippen LogP contribution in [0.1, 0.15) is 23.7 Å². The van der Waals surface area contributed by atoms with Crippen LogP contribution in [0, 0.1) is 0 Å². The number of nitrogens with one attached hydrogen (secondary N) is 1. The summed E-state index contributed by atoms with van der Waals surface area (Å²) in [5.74, 6) is 6.68. The Labute approximate surface area is 120 Å². The molecule has 0 aliphatic heterocycles. The van der Waals surface area contributed by atoms with Gasteiger partial charge >= 0.3 is 0 Å². The average molecular weight is 288 g/mol. The minimum absolute atomic E-state index is 0.0166. The molecule has 1 atom stereocenters. The van der Waals surface area contributed by atoms with Gasteiger partial charge in [-0.3, -0.25) is 11.3 Å². The zero-order valence-corrected chi connectivity index (χ0v) is 12.0. The van der Waals surface area contributed by atoms with Gasteiger partial charge in [0.1, 0.15) is 5.82 Å². The third-order valence-electron chi connectivity index (χ3n) is 3.36. The second kappa shape index (κ2) is 5.66. The molecule has 1 aromatic carbocycles. The monoisotopic (exact) mass is 288 g/mol. The summed E-state index contributed by atoms with van der Waals surface area (Å²) in [6, 6.07) is 8.15. The van der Waals surface area contributed by atoms with Crippen molar-refractivity contribution in [3.63, 3.8) is 0 Å². The SMILES string of the molecule is CCn1c(CC(NN)c2cnns2)nc2ccccc21. The molecule has 20 heavy (non-hydrogen) atoms. The van der Waals surface area contributed by atoms with Crippen LogP contribution in [0.15, 0.2) is 30.5 Å². The van der Waals surface area contributed by atoms with Crippen LogP contribution in [0.5, 0.6) is 0 Å². The minimum atomic E-state index is -0.0166. The highest BCUT2D eigenvalue weighted by molar-refractivity contribution is 7.05. The van der Waals surface area contributed by atoms with Gasteiger partial charge in [-0.05, 0) is 30.6 Å². The van der Waals surface area contributed by atoms with E-state index < -0.39 is 0 Å². The molecule has 7 heteroatoms. The number of hydrogen-bond donors (Lipinski definition) is 2. The summed E-state index contributed by atoms with van der Waals surface area (Å²) in [6.07, 6.45) is 2.46. The molecule has 1 unspecified atom stereocenters. The summed E-state index contributed by atoms with van der Waals surface area (Å²) in [4.78, 5) is 5.73. The molecule has 3 N–H and O–H groups in total. The van der Waals surface area contributed by atoms with E-state index in [0.717, 1.165) is 28.3 Å². The van der Waals surface area contributed by atoms with Gasteiger partial charge in [0.2, 0.25) is 0 Å². The molecule has 2 aromatic heterocycles. The summed E-state index contributed by atoms with van der Waals surface area (Å²) in [7, 11) is 0. The predicted molar refractivity (Wildman–Crippen MR) is 79.1 cm³/mol. The quantitative estimate of drug-likeness (QED) is 0.551. The van der Waals surface area contributed by atoms with Crippen molar-refractivity contribution in [2.24, 2.45) is 5.84 Å². The molecule has 0 fully saturated rings. The molecule has 0 saturated carbocycles. The van der Waals surface area contributed by atoms with Gasteiger partial charge in [0, 0.05) is 13.0 Å². The van der Waals surface area contributed by atoms with Gasteiger partial charge in [-0.1, -0.05) is 16.6 Å². The molecule has 0 radical (unpaired) electrons. The van der Waals surface area contributed by atoms with Crippen LogP contribution >= 0.6 is 11.5 Å². The molecule has 0 amide bonds. The first-order valence-electron chi connectivity index (χ1n) is 6.51. The number of nitrogens with zero attached hydrogens (tertiary/aromatic N) is 4. The molecule has 0 spiro atoms. The predicted octanol–water partition coefficient (Wildman–Crippen LogP) is 1.65. The standard InChI is InChI=1S/C13H16N6S/c1-2-19-11-6-4-3-5-9(11)16-13(19)7-10(17-14)12-8-15-18-20-12/h3-6,8,10,17H,2,7,14H2,1H3. The zero-order chi connectivity index (χ0) is 13.9. The minimum Gasteiger partial charge on any atom is -0.328 e. The van der Waals surface area contributed by atoms with Crippen LogP contribution in [-0.4, -0.2) is 19.1 Å². The number of hydrazine groups is 1. The van der Waals surface area contributed by atoms with Crippen molar-refractivity contribution in [2.45, 2.75) is 25.9 Å². The van der Waals surface area contributed by atoms with Gasteiger partial charge in [0.15, 0.2) is 0 Å². The number of benzene rings is 1. The van der Waals surface area contributed by atoms with Crippen molar-refractivity contribution in [3.05, 3.63) is 41.2 Å². The van der Waals surface area contributed by atoms with E-state index in [1.54, 1.807) is 6.20 Å². The molecule has 3 aromatic rings. The van der Waals surface area contributed by atoms with Crippen LogP contribution < -0.4 is 11.3 Å². The Morgan fingerprint density at radius 3 is 2.95 bits per heavy atom. The lowest BCUT2D eigenvalue weighted by atomic mass is 10.2. The Bertz CT molecular complexity index is 690. The molecule has 6 nitrogen and oxygen atoms in total. The van der Waals surface area contributed by atoms with E-state index in [9.17, 15) is 0 Å². The van der Waals surface area contributed by atoms with Crippen molar-refractivity contribution < 1.29 is 0 Å². The Morgan fingerprint density at radius 1 is 1.40 bits per heavy atom. The van der Waals surface area contributed by atoms with Gasteiger partial charge < -0.3 is 4.57 Å². The van der Waals surface area contributed by atoms with Crippen molar-refractivity contribution >= 4 is 22.6 Å². The topological polar surface area (TPSA) is 81.7 Å². The maximum atomic E-state index is 5.66. The highest BCUT2D eigenvalue weighted by atomic mass is 32.1. The zero-order valence-electron chi connectivity index (χ0n) is 11.2. The lowest BCUT2D eigenvalue weighted by Crippen LogP contribution is -2.29. The molecule has 0 aliphatic rings. The maximum absolute atomic E-state index is 5.66. The van der Waals surface area contributed by atoms with Gasteiger partial charge in [0.05, 0.1) is 28.1 Å². The van der Waals surface area contributed by atoms with Gasteiger partial charge in [-0.15, -0.1) is 5.10 Å². The highest BCUT2D eigenvalue weighted by Gasteiger charge is 2.17. The number of imidazole rings is 1. The summed E-state index contributed by atoms with van der Waals surface area (Å²) in [5.41, 5.74) is 5.00. The molecule has 3 rings (SSSR count). The first-order chi connectivity index (χ1) is 9.83. The van der Waals surface area contributed by atoms with Crippen molar-refractivity contribution in [1.82, 2.24) is 24.6 Å². The van der Waals surface area contributed by atoms with Crippen LogP contribution in [0.25, 0.3) is 11.0 Å². The van der Waals surface area contributed by atoms with Crippen molar-refractivity contribution in [2.75, 3.05) is 0 Å². The third kappa shape index (κ3) is 2.31. The normalized spacial score (nSPS) is 12.9. The Balaban J connectivity index is 1.97. The molecule has 0 aliphatic carbocycles. The molecule has 0 bridgehead atoms. The molecular formula is C13H16N6S. The maximum Gasteiger partial charge on any atom is 0.111 e. The van der Waals surface area contributed by atoms with Crippen LogP contribution in [0.2, 0.25) is 0 Å². The Kier molecular flexibility index (Phi) is 3.72. The first-order valence-corrected chi connectivity index (χ1v) is 7.28. The van der Waals surface area contributed by atoms with Crippen LogP contribution in [0.4, 0.5) is 0 Å². The fourth-order valence-electron chi connectivity index (χ4n) is 2.39. The first kappa shape index (κ1) is 13.2. The van der Waals surface area contributed by atoms with E-state index >= 15 is 0 Å². The van der Waals surface area contributed by atoms with Crippen LogP contribution in [-0.2, 0) is 13.0 Å². The fourth-order valence-corrected chi connectivity index (χ4v) is 2.95. The van der Waals surface area contributed by atoms with E-state index in [2.05, 4.69) is 32.6 Å². The largest absolute Gasteiger partial charge is 0.328 e. The molecule has 0 saturated heterocycles. The average Bonchev–Trinajstić information content (AvgIpc) is 3.11. The lowest BCUT2D eigenvalue weighted by molar-refractivity contribution is 0.532. The number of para-hydroxylation sites is 2. The number of aryl methyl sites for hydroxylation is 1. The fraction of sp³-hybridized carbons (Fsp3) is 0.308. The van der Waals surface area contributed by atoms with Gasteiger partial charge in [-0.25, -0.2) is 4.98 Å². The number of nitrogens with two attached hydrogens (primary N) is 1. The number of aromatic nitrogens is 4. The van der Waals surface area contributed by atoms with Crippen molar-refractivity contribution in [1.29, 1.82) is 0 Å². The summed E-state index contributed by atoms with van der Waals surface area (Å²) in [6.45, 7) is 3.00. The molecule has 104 valence electrons. The van der Waals surface area contributed by atoms with Gasteiger partial charge in [0.25, 0.3) is 0 Å². The van der Waals surface area contributed by atoms with Gasteiger partial charge in [-0.2, -0.15) is 0 Å². The molecular weight excluding hydrogens is 272 g/mol. The number of fused-ring (bicyclic) bond motifs is 1. The summed E-state index contributed by atoms with van der Waals surface area (Å²) in [5, 5.41) is 3.86. The van der Waals surface area contributed by atoms with E-state index in [-0.39, 0.29) is 6.04 Å². The second-order valence-electron chi connectivity index (χ2n) is 4.50. The third-order valence-corrected chi connectivity index (χ3v) is 4.14. The van der Waals surface area contributed by atoms with Crippen molar-refractivity contribution in [3.8, 4) is 0 Å². The smallest absolute Gasteiger partial charge is 0.111 e. The van der Waals surface area contributed by atoms with E-state index in [0.29, 0.717) is 6.42 Å². The van der Waals surface area contributed by atoms with E-state index in [1.807, 2.05) is 18.2 Å². The number of hydrogen-bond acceptors (Lipinski definition) is 6.